The fraction of sp³-hybridized carbons (Fsp3) is 0.412. The highest BCUT2D eigenvalue weighted by Crippen LogP contribution is 2.39. The lowest BCUT2D eigenvalue weighted by Gasteiger charge is -2.13. The second-order valence-corrected chi connectivity index (χ2v) is 6.97. The predicted octanol–water partition coefficient (Wildman–Crippen LogP) is 4.55. The average molecular weight is 361 g/mol. The number of benzene rings is 1. The Bertz CT molecular complexity index is 636. The van der Waals surface area contributed by atoms with E-state index in [0.29, 0.717) is 12.0 Å². The van der Waals surface area contributed by atoms with Crippen LogP contribution in [0.1, 0.15) is 43.9 Å². The van der Waals surface area contributed by atoms with Crippen molar-refractivity contribution in [1.82, 2.24) is 9.97 Å². The zero-order valence-corrected chi connectivity index (χ0v) is 14.5. The number of aromatic nitrogens is 2. The molecule has 0 spiro atoms. The van der Waals surface area contributed by atoms with Gasteiger partial charge in [-0.1, -0.05) is 28.1 Å². The Hall–Kier alpha value is -1.62. The van der Waals surface area contributed by atoms with Crippen LogP contribution in [0.3, 0.4) is 0 Å². The van der Waals surface area contributed by atoms with Crippen LogP contribution in [0, 0.1) is 0 Å². The number of nitrogens with one attached hydrogen (secondary N) is 2. The Morgan fingerprint density at radius 3 is 2.55 bits per heavy atom. The van der Waals surface area contributed by atoms with Gasteiger partial charge < -0.3 is 10.6 Å². The minimum atomic E-state index is 0.328. The average Bonchev–Trinajstić information content (AvgIpc) is 3.30. The molecule has 116 valence electrons. The molecule has 1 heterocycles. The fourth-order valence-corrected chi connectivity index (χ4v) is 2.53. The Kier molecular flexibility index (Phi) is 4.62. The summed E-state index contributed by atoms with van der Waals surface area (Å²) in [5, 5.41) is 6.72. The molecule has 0 atom stereocenters. The van der Waals surface area contributed by atoms with Crippen LogP contribution >= 0.6 is 15.9 Å². The first-order chi connectivity index (χ1) is 10.6. The number of hydrogen-bond acceptors (Lipinski definition) is 4. The van der Waals surface area contributed by atoms with Crippen LogP contribution in [0.25, 0.3) is 0 Å². The van der Waals surface area contributed by atoms with E-state index < -0.39 is 0 Å². The molecule has 0 amide bonds. The van der Waals surface area contributed by atoms with Gasteiger partial charge in [-0.25, -0.2) is 4.98 Å². The molecule has 1 aromatic carbocycles. The lowest BCUT2D eigenvalue weighted by molar-refractivity contribution is 0.862. The highest BCUT2D eigenvalue weighted by atomic mass is 79.9. The van der Waals surface area contributed by atoms with E-state index in [1.54, 1.807) is 0 Å². The number of hydrogen-bond donors (Lipinski definition) is 2. The summed E-state index contributed by atoms with van der Waals surface area (Å²) in [6.07, 6.45) is 2.48. The molecule has 0 radical (unpaired) electrons. The zero-order valence-electron chi connectivity index (χ0n) is 12.9. The van der Waals surface area contributed by atoms with Crippen LogP contribution in [-0.2, 0) is 6.54 Å². The van der Waals surface area contributed by atoms with E-state index in [-0.39, 0.29) is 0 Å². The smallest absolute Gasteiger partial charge is 0.225 e. The molecule has 2 aromatic rings. The van der Waals surface area contributed by atoms with Crippen molar-refractivity contribution < 1.29 is 0 Å². The second-order valence-electron chi connectivity index (χ2n) is 6.05. The highest BCUT2D eigenvalue weighted by molar-refractivity contribution is 9.10. The number of halogens is 1. The van der Waals surface area contributed by atoms with Gasteiger partial charge in [-0.2, -0.15) is 4.98 Å². The van der Waals surface area contributed by atoms with E-state index in [1.165, 1.54) is 18.4 Å². The van der Waals surface area contributed by atoms with Gasteiger partial charge in [0.05, 0.1) is 5.69 Å². The minimum Gasteiger partial charge on any atom is -0.366 e. The molecule has 5 heteroatoms. The van der Waals surface area contributed by atoms with E-state index >= 15 is 0 Å². The SMILES string of the molecule is CC(C)Nc1nc(NCc2ccc(Br)cc2)cc(C2CC2)n1. The molecule has 0 aliphatic heterocycles. The van der Waals surface area contributed by atoms with E-state index in [4.69, 9.17) is 0 Å². The summed E-state index contributed by atoms with van der Waals surface area (Å²) in [4.78, 5) is 9.21. The Morgan fingerprint density at radius 1 is 1.18 bits per heavy atom. The molecule has 2 N–H and O–H groups in total. The molecule has 4 nitrogen and oxygen atoms in total. The lowest BCUT2D eigenvalue weighted by atomic mass is 10.2. The van der Waals surface area contributed by atoms with E-state index in [1.807, 2.05) is 0 Å². The standard InChI is InChI=1S/C17H21BrN4/c1-11(2)20-17-21-15(13-5-6-13)9-16(22-17)19-10-12-3-7-14(18)8-4-12/h3-4,7-9,11,13H,5-6,10H2,1-2H3,(H2,19,20,21,22). The third-order valence-electron chi connectivity index (χ3n) is 3.55. The summed E-state index contributed by atoms with van der Waals surface area (Å²) in [5.74, 6) is 2.23. The fourth-order valence-electron chi connectivity index (χ4n) is 2.26. The summed E-state index contributed by atoms with van der Waals surface area (Å²) in [5.41, 5.74) is 2.38. The van der Waals surface area contributed by atoms with Crippen LogP contribution in [0.5, 0.6) is 0 Å². The van der Waals surface area contributed by atoms with Crippen molar-refractivity contribution in [2.45, 2.75) is 45.2 Å². The summed E-state index contributed by atoms with van der Waals surface area (Å²) < 4.78 is 1.10. The molecule has 3 rings (SSSR count). The second kappa shape index (κ2) is 6.65. The van der Waals surface area contributed by atoms with Crippen LogP contribution < -0.4 is 10.6 Å². The van der Waals surface area contributed by atoms with Crippen LogP contribution in [0.15, 0.2) is 34.8 Å². The Labute approximate surface area is 139 Å². The minimum absolute atomic E-state index is 0.328. The van der Waals surface area contributed by atoms with Gasteiger partial charge in [0.25, 0.3) is 0 Å². The topological polar surface area (TPSA) is 49.8 Å². The molecule has 1 saturated carbocycles. The van der Waals surface area contributed by atoms with Gasteiger partial charge in [0.15, 0.2) is 0 Å². The molecule has 1 fully saturated rings. The zero-order chi connectivity index (χ0) is 15.5. The third-order valence-corrected chi connectivity index (χ3v) is 4.07. The molecule has 1 aliphatic rings. The molecule has 1 aromatic heterocycles. The Morgan fingerprint density at radius 2 is 1.91 bits per heavy atom. The van der Waals surface area contributed by atoms with Crippen molar-refractivity contribution >= 4 is 27.7 Å². The van der Waals surface area contributed by atoms with Crippen molar-refractivity contribution in [2.24, 2.45) is 0 Å². The van der Waals surface area contributed by atoms with Crippen LogP contribution in [0.4, 0.5) is 11.8 Å². The summed E-state index contributed by atoms with van der Waals surface area (Å²) >= 11 is 3.46. The summed E-state index contributed by atoms with van der Waals surface area (Å²) in [6, 6.07) is 10.7. The first-order valence-electron chi connectivity index (χ1n) is 7.74. The molecule has 0 unspecified atom stereocenters. The maximum Gasteiger partial charge on any atom is 0.225 e. The number of rotatable bonds is 6. The van der Waals surface area contributed by atoms with Crippen molar-refractivity contribution in [3.63, 3.8) is 0 Å². The summed E-state index contributed by atoms with van der Waals surface area (Å²) in [7, 11) is 0. The maximum absolute atomic E-state index is 4.63. The van der Waals surface area contributed by atoms with E-state index in [2.05, 4.69) is 80.7 Å². The molecule has 0 saturated heterocycles. The largest absolute Gasteiger partial charge is 0.366 e. The van der Waals surface area contributed by atoms with Crippen molar-refractivity contribution in [2.75, 3.05) is 10.6 Å². The van der Waals surface area contributed by atoms with E-state index in [0.717, 1.165) is 28.5 Å². The van der Waals surface area contributed by atoms with Crippen molar-refractivity contribution in [3.05, 3.63) is 46.1 Å². The summed E-state index contributed by atoms with van der Waals surface area (Å²) in [6.45, 7) is 4.96. The molecular formula is C17H21BrN4. The predicted molar refractivity (Wildman–Crippen MR) is 94.2 cm³/mol. The van der Waals surface area contributed by atoms with Gasteiger partial charge in [-0.3, -0.25) is 0 Å². The lowest BCUT2D eigenvalue weighted by Crippen LogP contribution is -2.14. The normalized spacial score (nSPS) is 14.2. The van der Waals surface area contributed by atoms with Gasteiger partial charge in [0.2, 0.25) is 5.95 Å². The van der Waals surface area contributed by atoms with Gasteiger partial charge in [-0.15, -0.1) is 0 Å². The molecular weight excluding hydrogens is 340 g/mol. The van der Waals surface area contributed by atoms with E-state index in [9.17, 15) is 0 Å². The molecule has 22 heavy (non-hydrogen) atoms. The first kappa shape index (κ1) is 15.3. The van der Waals surface area contributed by atoms with Crippen LogP contribution in [-0.4, -0.2) is 16.0 Å². The number of anilines is 2. The monoisotopic (exact) mass is 360 g/mol. The number of nitrogens with zero attached hydrogens (tertiary/aromatic N) is 2. The third kappa shape index (κ3) is 4.19. The van der Waals surface area contributed by atoms with Gasteiger partial charge >= 0.3 is 0 Å². The first-order valence-corrected chi connectivity index (χ1v) is 8.53. The van der Waals surface area contributed by atoms with Crippen molar-refractivity contribution in [1.29, 1.82) is 0 Å². The maximum atomic E-state index is 4.63. The van der Waals surface area contributed by atoms with Crippen molar-refractivity contribution in [3.8, 4) is 0 Å². The van der Waals surface area contributed by atoms with Gasteiger partial charge in [0.1, 0.15) is 5.82 Å². The highest BCUT2D eigenvalue weighted by Gasteiger charge is 2.26. The molecule has 0 bridgehead atoms. The van der Waals surface area contributed by atoms with Gasteiger partial charge in [0, 0.05) is 29.0 Å². The molecule has 1 aliphatic carbocycles. The quantitative estimate of drug-likeness (QED) is 0.793. The van der Waals surface area contributed by atoms with Gasteiger partial charge in [-0.05, 0) is 44.4 Å². The van der Waals surface area contributed by atoms with Crippen LogP contribution in [0.2, 0.25) is 0 Å². The Balaban J connectivity index is 1.73.